The smallest absolute Gasteiger partial charge is 0.0784 e. The SMILES string of the molecule is C=C(Nc1ccccc1[C@H](NC(=C)C1CC1)c1ccc(CN)cc1)C1CNC1. The Morgan fingerprint density at radius 2 is 1.71 bits per heavy atom. The van der Waals surface area contributed by atoms with E-state index < -0.39 is 0 Å². The molecule has 1 aliphatic carbocycles. The second kappa shape index (κ2) is 8.21. The van der Waals surface area contributed by atoms with Crippen LogP contribution in [0.5, 0.6) is 0 Å². The molecule has 2 fully saturated rings. The molecule has 1 saturated carbocycles. The van der Waals surface area contributed by atoms with Crippen LogP contribution in [-0.4, -0.2) is 13.1 Å². The fraction of sp³-hybridized carbons (Fsp3) is 0.333. The Morgan fingerprint density at radius 1 is 1.00 bits per heavy atom. The summed E-state index contributed by atoms with van der Waals surface area (Å²) < 4.78 is 0. The molecule has 0 aromatic heterocycles. The number of nitrogens with two attached hydrogens (primary N) is 1. The normalized spacial score (nSPS) is 17.5. The van der Waals surface area contributed by atoms with Crippen molar-refractivity contribution in [2.24, 2.45) is 17.6 Å². The summed E-state index contributed by atoms with van der Waals surface area (Å²) in [6.45, 7) is 11.1. The summed E-state index contributed by atoms with van der Waals surface area (Å²) >= 11 is 0. The predicted octanol–water partition coefficient (Wildman–Crippen LogP) is 3.89. The zero-order valence-corrected chi connectivity index (χ0v) is 16.4. The topological polar surface area (TPSA) is 62.1 Å². The summed E-state index contributed by atoms with van der Waals surface area (Å²) in [7, 11) is 0. The van der Waals surface area contributed by atoms with E-state index in [1.54, 1.807) is 0 Å². The van der Waals surface area contributed by atoms with Gasteiger partial charge in [0.1, 0.15) is 0 Å². The van der Waals surface area contributed by atoms with Gasteiger partial charge in [-0.3, -0.25) is 0 Å². The number of benzene rings is 2. The molecule has 4 rings (SSSR count). The molecule has 0 amide bonds. The van der Waals surface area contributed by atoms with Gasteiger partial charge in [0.05, 0.1) is 6.04 Å². The number of rotatable bonds is 9. The Bertz CT molecular complexity index is 847. The molecule has 0 radical (unpaired) electrons. The van der Waals surface area contributed by atoms with Gasteiger partial charge in [-0.15, -0.1) is 0 Å². The van der Waals surface area contributed by atoms with Gasteiger partial charge >= 0.3 is 0 Å². The van der Waals surface area contributed by atoms with Gasteiger partial charge in [0, 0.05) is 48.2 Å². The lowest BCUT2D eigenvalue weighted by Crippen LogP contribution is -2.44. The predicted molar refractivity (Wildman–Crippen MR) is 117 cm³/mol. The highest BCUT2D eigenvalue weighted by molar-refractivity contribution is 5.58. The lowest BCUT2D eigenvalue weighted by molar-refractivity contribution is 0.402. The fourth-order valence-corrected chi connectivity index (χ4v) is 3.59. The highest BCUT2D eigenvalue weighted by Crippen LogP contribution is 2.37. The van der Waals surface area contributed by atoms with Gasteiger partial charge in [0.15, 0.2) is 0 Å². The second-order valence-electron chi connectivity index (χ2n) is 7.92. The van der Waals surface area contributed by atoms with Crippen LogP contribution in [-0.2, 0) is 6.54 Å². The lowest BCUT2D eigenvalue weighted by atomic mass is 9.94. The van der Waals surface area contributed by atoms with E-state index in [1.807, 2.05) is 0 Å². The van der Waals surface area contributed by atoms with Crippen LogP contribution >= 0.6 is 0 Å². The molecule has 0 bridgehead atoms. The van der Waals surface area contributed by atoms with E-state index in [9.17, 15) is 0 Å². The zero-order chi connectivity index (χ0) is 19.5. The minimum Gasteiger partial charge on any atom is -0.378 e. The second-order valence-corrected chi connectivity index (χ2v) is 7.92. The third kappa shape index (κ3) is 4.13. The summed E-state index contributed by atoms with van der Waals surface area (Å²) in [5.74, 6) is 1.09. The largest absolute Gasteiger partial charge is 0.378 e. The summed E-state index contributed by atoms with van der Waals surface area (Å²) in [6, 6.07) is 17.1. The van der Waals surface area contributed by atoms with Gasteiger partial charge < -0.3 is 21.7 Å². The van der Waals surface area contributed by atoms with Crippen molar-refractivity contribution in [2.75, 3.05) is 18.4 Å². The fourth-order valence-electron chi connectivity index (χ4n) is 3.59. The molecular weight excluding hydrogens is 344 g/mol. The van der Waals surface area contributed by atoms with Gasteiger partial charge in [-0.1, -0.05) is 55.6 Å². The van der Waals surface area contributed by atoms with E-state index in [0.717, 1.165) is 35.7 Å². The summed E-state index contributed by atoms with van der Waals surface area (Å²) in [5, 5.41) is 10.6. The molecule has 5 N–H and O–H groups in total. The molecule has 2 aromatic carbocycles. The van der Waals surface area contributed by atoms with E-state index >= 15 is 0 Å². The summed E-state index contributed by atoms with van der Waals surface area (Å²) in [6.07, 6.45) is 2.46. The van der Waals surface area contributed by atoms with Crippen LogP contribution in [0.3, 0.4) is 0 Å². The number of hydrogen-bond donors (Lipinski definition) is 4. The van der Waals surface area contributed by atoms with Gasteiger partial charge in [0.2, 0.25) is 0 Å². The number of anilines is 1. The Balaban J connectivity index is 1.64. The Labute approximate surface area is 167 Å². The van der Waals surface area contributed by atoms with Crippen molar-refractivity contribution >= 4 is 5.69 Å². The minimum atomic E-state index is 0.0379. The summed E-state index contributed by atoms with van der Waals surface area (Å²) in [4.78, 5) is 0. The Kier molecular flexibility index (Phi) is 5.51. The molecular formula is C24H30N4. The molecule has 2 aliphatic rings. The Hall–Kier alpha value is -2.56. The molecule has 1 atom stereocenters. The maximum atomic E-state index is 5.79. The molecule has 28 heavy (non-hydrogen) atoms. The van der Waals surface area contributed by atoms with E-state index in [0.29, 0.717) is 18.4 Å². The first-order chi connectivity index (χ1) is 13.7. The molecule has 0 spiro atoms. The number of nitrogens with one attached hydrogen (secondary N) is 3. The standard InChI is InChI=1S/C24H30N4/c1-16(19-11-12-19)28-24(20-9-7-18(13-25)8-10-20)22-5-3-4-6-23(22)27-17(2)21-14-26-15-21/h3-10,19,21,24,26-28H,1-2,11-15,25H2/t24-/m1/s1. The molecule has 1 heterocycles. The minimum absolute atomic E-state index is 0.0379. The number of hydrogen-bond acceptors (Lipinski definition) is 4. The average Bonchev–Trinajstić information content (AvgIpc) is 3.51. The van der Waals surface area contributed by atoms with Crippen molar-refractivity contribution in [1.82, 2.24) is 10.6 Å². The van der Waals surface area contributed by atoms with Crippen molar-refractivity contribution in [3.63, 3.8) is 0 Å². The van der Waals surface area contributed by atoms with Crippen LogP contribution < -0.4 is 21.7 Å². The van der Waals surface area contributed by atoms with Crippen LogP contribution in [0.25, 0.3) is 0 Å². The van der Waals surface area contributed by atoms with E-state index in [4.69, 9.17) is 5.73 Å². The van der Waals surface area contributed by atoms with E-state index in [1.165, 1.54) is 24.0 Å². The van der Waals surface area contributed by atoms with Crippen LogP contribution in [0.2, 0.25) is 0 Å². The first-order valence-electron chi connectivity index (χ1n) is 10.2. The van der Waals surface area contributed by atoms with Gasteiger partial charge in [-0.2, -0.15) is 0 Å². The molecule has 146 valence electrons. The number of allylic oxidation sites excluding steroid dienone is 1. The quantitative estimate of drug-likeness (QED) is 0.538. The van der Waals surface area contributed by atoms with Crippen molar-refractivity contribution in [3.05, 3.63) is 89.8 Å². The van der Waals surface area contributed by atoms with Gasteiger partial charge in [0.25, 0.3) is 0 Å². The molecule has 2 aromatic rings. The number of para-hydroxylation sites is 1. The zero-order valence-electron chi connectivity index (χ0n) is 16.4. The first-order valence-corrected chi connectivity index (χ1v) is 10.2. The molecule has 1 saturated heterocycles. The molecule has 1 aliphatic heterocycles. The highest BCUT2D eigenvalue weighted by atomic mass is 15.0. The lowest BCUT2D eigenvalue weighted by Gasteiger charge is -2.31. The highest BCUT2D eigenvalue weighted by Gasteiger charge is 2.28. The monoisotopic (exact) mass is 374 g/mol. The van der Waals surface area contributed by atoms with Crippen LogP contribution in [0, 0.1) is 11.8 Å². The third-order valence-corrected chi connectivity index (χ3v) is 5.79. The maximum Gasteiger partial charge on any atom is 0.0784 e. The van der Waals surface area contributed by atoms with E-state index in [2.05, 4.69) is 77.6 Å². The van der Waals surface area contributed by atoms with Crippen LogP contribution in [0.1, 0.15) is 35.6 Å². The van der Waals surface area contributed by atoms with Gasteiger partial charge in [-0.25, -0.2) is 0 Å². The van der Waals surface area contributed by atoms with Crippen LogP contribution in [0.4, 0.5) is 5.69 Å². The molecule has 0 unspecified atom stereocenters. The average molecular weight is 375 g/mol. The first kappa shape index (κ1) is 18.8. The summed E-state index contributed by atoms with van der Waals surface area (Å²) in [5.41, 5.74) is 12.6. The molecule has 4 heteroatoms. The van der Waals surface area contributed by atoms with E-state index in [-0.39, 0.29) is 6.04 Å². The van der Waals surface area contributed by atoms with Crippen molar-refractivity contribution in [3.8, 4) is 0 Å². The van der Waals surface area contributed by atoms with Crippen LogP contribution in [0.15, 0.2) is 73.1 Å². The van der Waals surface area contributed by atoms with Gasteiger partial charge in [-0.05, 0) is 36.0 Å². The molecule has 4 nitrogen and oxygen atoms in total. The Morgan fingerprint density at radius 3 is 2.32 bits per heavy atom. The third-order valence-electron chi connectivity index (χ3n) is 5.79. The van der Waals surface area contributed by atoms with Crippen molar-refractivity contribution in [2.45, 2.75) is 25.4 Å². The van der Waals surface area contributed by atoms with Crippen molar-refractivity contribution in [1.29, 1.82) is 0 Å². The van der Waals surface area contributed by atoms with Crippen molar-refractivity contribution < 1.29 is 0 Å². The maximum absolute atomic E-state index is 5.79.